The van der Waals surface area contributed by atoms with Crippen LogP contribution in [0.25, 0.3) is 0 Å². The number of hydrogen-bond donors (Lipinski definition) is 1. The number of tetrazole rings is 1. The lowest BCUT2D eigenvalue weighted by Crippen LogP contribution is -2.11. The first kappa shape index (κ1) is 10.1. The van der Waals surface area contributed by atoms with Crippen LogP contribution in [0.2, 0.25) is 0 Å². The normalized spacial score (nSPS) is 11.1. The smallest absolute Gasteiger partial charge is 0.151 e. The average Bonchev–Trinajstić information content (AvgIpc) is 2.48. The van der Waals surface area contributed by atoms with Crippen LogP contribution in [0.1, 0.15) is 26.1 Å². The quantitative estimate of drug-likeness (QED) is 0.709. The van der Waals surface area contributed by atoms with Crippen LogP contribution < -0.4 is 5.73 Å². The highest BCUT2D eigenvalue weighted by atomic mass is 15.5. The zero-order chi connectivity index (χ0) is 9.68. The van der Waals surface area contributed by atoms with Crippen LogP contribution >= 0.6 is 0 Å². The predicted molar refractivity (Wildman–Crippen MR) is 50.0 cm³/mol. The molecule has 74 valence electrons. The number of hydrogen-bond acceptors (Lipinski definition) is 4. The summed E-state index contributed by atoms with van der Waals surface area (Å²) in [5.74, 6) is 1.51. The maximum Gasteiger partial charge on any atom is 0.151 e. The van der Waals surface area contributed by atoms with Crippen molar-refractivity contribution in [2.75, 3.05) is 6.54 Å². The van der Waals surface area contributed by atoms with Gasteiger partial charge in [0.05, 0.1) is 0 Å². The van der Waals surface area contributed by atoms with Crippen LogP contribution in [0.15, 0.2) is 0 Å². The van der Waals surface area contributed by atoms with E-state index < -0.39 is 0 Å². The summed E-state index contributed by atoms with van der Waals surface area (Å²) in [5.41, 5.74) is 5.42. The molecule has 0 spiro atoms. The Kier molecular flexibility index (Phi) is 3.82. The van der Waals surface area contributed by atoms with Crippen molar-refractivity contribution >= 4 is 0 Å². The van der Waals surface area contributed by atoms with E-state index in [0.717, 1.165) is 25.2 Å². The second-order valence-electron chi connectivity index (χ2n) is 3.56. The van der Waals surface area contributed by atoms with Gasteiger partial charge in [0.2, 0.25) is 0 Å². The fraction of sp³-hybridized carbons (Fsp3) is 0.875. The second kappa shape index (κ2) is 4.91. The number of nitrogens with two attached hydrogens (primary N) is 1. The molecular formula is C8H17N5. The van der Waals surface area contributed by atoms with Crippen molar-refractivity contribution in [1.29, 1.82) is 0 Å². The first-order chi connectivity index (χ1) is 6.24. The Bertz CT molecular complexity index is 242. The molecule has 5 heteroatoms. The molecule has 0 saturated heterocycles. The Morgan fingerprint density at radius 2 is 2.23 bits per heavy atom. The van der Waals surface area contributed by atoms with Crippen molar-refractivity contribution in [2.45, 2.75) is 33.2 Å². The van der Waals surface area contributed by atoms with E-state index in [9.17, 15) is 0 Å². The summed E-state index contributed by atoms with van der Waals surface area (Å²) in [6.45, 7) is 5.87. The maximum atomic E-state index is 5.42. The summed E-state index contributed by atoms with van der Waals surface area (Å²) in [4.78, 5) is 0. The highest BCUT2D eigenvalue weighted by Gasteiger charge is 2.06. The van der Waals surface area contributed by atoms with Gasteiger partial charge in [-0.05, 0) is 29.3 Å². The van der Waals surface area contributed by atoms with Crippen LogP contribution in [0.3, 0.4) is 0 Å². The van der Waals surface area contributed by atoms with Gasteiger partial charge in [0.25, 0.3) is 0 Å². The molecule has 13 heavy (non-hydrogen) atoms. The predicted octanol–water partition coefficient (Wildman–Crippen LogP) is 0.220. The summed E-state index contributed by atoms with van der Waals surface area (Å²) in [7, 11) is 0. The summed E-state index contributed by atoms with van der Waals surface area (Å²) in [5, 5.41) is 11.5. The van der Waals surface area contributed by atoms with Crippen molar-refractivity contribution in [3.05, 3.63) is 5.82 Å². The van der Waals surface area contributed by atoms with E-state index >= 15 is 0 Å². The zero-order valence-corrected chi connectivity index (χ0v) is 8.27. The minimum absolute atomic E-state index is 0.570. The number of nitrogens with zero attached hydrogens (tertiary/aromatic N) is 4. The maximum absolute atomic E-state index is 5.42. The Hall–Kier alpha value is -0.970. The molecule has 0 aliphatic heterocycles. The van der Waals surface area contributed by atoms with Crippen LogP contribution in [0, 0.1) is 5.92 Å². The summed E-state index contributed by atoms with van der Waals surface area (Å²) in [6.07, 6.45) is 1.81. The Balaban J connectivity index is 2.55. The highest BCUT2D eigenvalue weighted by molar-refractivity contribution is 4.81. The summed E-state index contributed by atoms with van der Waals surface area (Å²) < 4.78 is 1.86. The van der Waals surface area contributed by atoms with Crippen LogP contribution in [-0.4, -0.2) is 26.8 Å². The van der Waals surface area contributed by atoms with Gasteiger partial charge in [0.1, 0.15) is 0 Å². The molecule has 0 atom stereocenters. The minimum atomic E-state index is 0.570. The Morgan fingerprint density at radius 1 is 1.46 bits per heavy atom. The van der Waals surface area contributed by atoms with E-state index in [2.05, 4.69) is 29.4 Å². The molecule has 0 aliphatic carbocycles. The molecule has 1 heterocycles. The molecule has 5 nitrogen and oxygen atoms in total. The Labute approximate surface area is 78.3 Å². The van der Waals surface area contributed by atoms with E-state index in [1.165, 1.54) is 0 Å². The fourth-order valence-corrected chi connectivity index (χ4v) is 1.15. The average molecular weight is 183 g/mol. The van der Waals surface area contributed by atoms with Gasteiger partial charge in [-0.15, -0.1) is 5.10 Å². The molecule has 0 aliphatic rings. The lowest BCUT2D eigenvalue weighted by molar-refractivity contribution is 0.456. The van der Waals surface area contributed by atoms with Gasteiger partial charge >= 0.3 is 0 Å². The van der Waals surface area contributed by atoms with Gasteiger partial charge < -0.3 is 5.73 Å². The zero-order valence-electron chi connectivity index (χ0n) is 8.27. The van der Waals surface area contributed by atoms with Crippen molar-refractivity contribution in [2.24, 2.45) is 11.7 Å². The van der Waals surface area contributed by atoms with Gasteiger partial charge in [-0.25, -0.2) is 4.68 Å². The van der Waals surface area contributed by atoms with Crippen molar-refractivity contribution in [3.8, 4) is 0 Å². The van der Waals surface area contributed by atoms with Crippen LogP contribution in [-0.2, 0) is 13.0 Å². The summed E-state index contributed by atoms with van der Waals surface area (Å²) >= 11 is 0. The lowest BCUT2D eigenvalue weighted by Gasteiger charge is -2.05. The monoisotopic (exact) mass is 183 g/mol. The minimum Gasteiger partial charge on any atom is -0.330 e. The topological polar surface area (TPSA) is 69.6 Å². The van der Waals surface area contributed by atoms with Crippen molar-refractivity contribution in [1.82, 2.24) is 20.2 Å². The van der Waals surface area contributed by atoms with Crippen molar-refractivity contribution in [3.63, 3.8) is 0 Å². The van der Waals surface area contributed by atoms with E-state index in [1.807, 2.05) is 4.68 Å². The molecule has 0 saturated carbocycles. The second-order valence-corrected chi connectivity index (χ2v) is 3.56. The first-order valence-corrected chi connectivity index (χ1v) is 4.69. The molecule has 0 radical (unpaired) electrons. The lowest BCUT2D eigenvalue weighted by atomic mass is 10.2. The van der Waals surface area contributed by atoms with Gasteiger partial charge in [-0.2, -0.15) is 0 Å². The fourth-order valence-electron chi connectivity index (χ4n) is 1.15. The molecule has 0 amide bonds. The molecule has 0 bridgehead atoms. The first-order valence-electron chi connectivity index (χ1n) is 4.69. The van der Waals surface area contributed by atoms with E-state index in [-0.39, 0.29) is 0 Å². The van der Waals surface area contributed by atoms with Crippen LogP contribution in [0.4, 0.5) is 0 Å². The van der Waals surface area contributed by atoms with E-state index in [1.54, 1.807) is 0 Å². The third-order valence-corrected chi connectivity index (χ3v) is 1.75. The number of aromatic nitrogens is 4. The molecule has 2 N–H and O–H groups in total. The Morgan fingerprint density at radius 3 is 2.85 bits per heavy atom. The molecular weight excluding hydrogens is 166 g/mol. The van der Waals surface area contributed by atoms with Crippen LogP contribution in [0.5, 0.6) is 0 Å². The molecule has 0 unspecified atom stereocenters. The molecule has 1 rings (SSSR count). The molecule has 0 fully saturated rings. The SMILES string of the molecule is CC(C)Cn1nnnc1CCCN. The van der Waals surface area contributed by atoms with E-state index in [4.69, 9.17) is 5.73 Å². The molecule has 1 aromatic rings. The highest BCUT2D eigenvalue weighted by Crippen LogP contribution is 2.01. The number of aryl methyl sites for hydroxylation is 1. The third kappa shape index (κ3) is 3.10. The number of rotatable bonds is 5. The van der Waals surface area contributed by atoms with E-state index in [0.29, 0.717) is 12.5 Å². The molecule has 0 aromatic carbocycles. The molecule has 1 aromatic heterocycles. The summed E-state index contributed by atoms with van der Waals surface area (Å²) in [6, 6.07) is 0. The van der Waals surface area contributed by atoms with Gasteiger partial charge in [-0.1, -0.05) is 13.8 Å². The van der Waals surface area contributed by atoms with Gasteiger partial charge in [0.15, 0.2) is 5.82 Å². The van der Waals surface area contributed by atoms with Gasteiger partial charge in [0, 0.05) is 13.0 Å². The largest absolute Gasteiger partial charge is 0.330 e. The van der Waals surface area contributed by atoms with Gasteiger partial charge in [-0.3, -0.25) is 0 Å². The third-order valence-electron chi connectivity index (χ3n) is 1.75. The van der Waals surface area contributed by atoms with Crippen molar-refractivity contribution < 1.29 is 0 Å². The standard InChI is InChI=1S/C8H17N5/c1-7(2)6-13-8(4-3-5-9)10-11-12-13/h7H,3-6,9H2,1-2H3.